The number of para-hydroxylation sites is 1. The van der Waals surface area contributed by atoms with Gasteiger partial charge in [0, 0.05) is 17.2 Å². The summed E-state index contributed by atoms with van der Waals surface area (Å²) in [7, 11) is 0. The number of allylic oxidation sites excluding steroid dienone is 2. The number of fused-ring (bicyclic) bond motifs is 4. The van der Waals surface area contributed by atoms with Gasteiger partial charge < -0.3 is 10.1 Å². The Labute approximate surface area is 183 Å². The molecule has 1 saturated carbocycles. The van der Waals surface area contributed by atoms with E-state index < -0.39 is 0 Å². The van der Waals surface area contributed by atoms with Gasteiger partial charge in [-0.15, -0.1) is 10.2 Å². The average molecular weight is 423 g/mol. The fourth-order valence-electron chi connectivity index (χ4n) is 5.54. The van der Waals surface area contributed by atoms with E-state index in [0.717, 1.165) is 29.8 Å². The maximum absolute atomic E-state index is 6.58. The third kappa shape index (κ3) is 3.39. The topological polar surface area (TPSA) is 59.9 Å². The first-order valence-corrected chi connectivity index (χ1v) is 12.2. The van der Waals surface area contributed by atoms with Gasteiger partial charge in [-0.2, -0.15) is 4.98 Å². The Balaban J connectivity index is 1.53. The molecule has 1 aliphatic heterocycles. The number of aromatic nitrogens is 3. The highest BCUT2D eigenvalue weighted by molar-refractivity contribution is 7.98. The Morgan fingerprint density at radius 2 is 2.03 bits per heavy atom. The summed E-state index contributed by atoms with van der Waals surface area (Å²) in [5.41, 5.74) is 4.78. The minimum absolute atomic E-state index is 0.131. The van der Waals surface area contributed by atoms with Crippen LogP contribution in [0.2, 0.25) is 0 Å². The van der Waals surface area contributed by atoms with E-state index in [0.29, 0.717) is 34.2 Å². The maximum Gasteiger partial charge on any atom is 0.247 e. The molecule has 0 unspecified atom stereocenters. The second-order valence-electron chi connectivity index (χ2n) is 9.62. The van der Waals surface area contributed by atoms with Crippen molar-refractivity contribution >= 4 is 17.4 Å². The number of nitrogens with one attached hydrogen (secondary N) is 1. The van der Waals surface area contributed by atoms with Gasteiger partial charge in [-0.25, -0.2) is 0 Å². The van der Waals surface area contributed by atoms with Crippen molar-refractivity contribution in [2.24, 2.45) is 23.2 Å². The van der Waals surface area contributed by atoms with E-state index in [1.165, 1.54) is 24.6 Å². The summed E-state index contributed by atoms with van der Waals surface area (Å²) in [5.74, 6) is 2.16. The van der Waals surface area contributed by atoms with Crippen molar-refractivity contribution in [2.75, 3.05) is 11.6 Å². The highest BCUT2D eigenvalue weighted by Crippen LogP contribution is 2.52. The van der Waals surface area contributed by atoms with Crippen LogP contribution in [-0.2, 0) is 0 Å². The Morgan fingerprint density at radius 1 is 1.20 bits per heavy atom. The third-order valence-electron chi connectivity index (χ3n) is 7.31. The summed E-state index contributed by atoms with van der Waals surface area (Å²) in [4.78, 5) is 4.69. The molecular formula is C24H30N4OS. The number of hydrogen-bond acceptors (Lipinski definition) is 6. The molecule has 1 aromatic carbocycles. The summed E-state index contributed by atoms with van der Waals surface area (Å²) in [6, 6.07) is 8.26. The Morgan fingerprint density at radius 3 is 2.87 bits per heavy atom. The first-order valence-electron chi connectivity index (χ1n) is 11.0. The van der Waals surface area contributed by atoms with Gasteiger partial charge in [-0.1, -0.05) is 62.4 Å². The van der Waals surface area contributed by atoms with Crippen LogP contribution in [0, 0.1) is 23.2 Å². The van der Waals surface area contributed by atoms with Crippen LogP contribution in [-0.4, -0.2) is 27.7 Å². The Bertz CT molecular complexity index is 989. The average Bonchev–Trinajstić information content (AvgIpc) is 2.89. The molecule has 2 heterocycles. The Kier molecular flexibility index (Phi) is 5.00. The molecule has 0 spiro atoms. The number of ether oxygens (including phenoxy) is 1. The molecular weight excluding hydrogens is 392 g/mol. The van der Waals surface area contributed by atoms with Crippen molar-refractivity contribution in [2.45, 2.75) is 57.8 Å². The summed E-state index contributed by atoms with van der Waals surface area (Å²) >= 11 is 1.49. The Hall–Kier alpha value is -2.08. The molecule has 1 aromatic heterocycles. The van der Waals surface area contributed by atoms with E-state index in [1.54, 1.807) is 5.57 Å². The third-order valence-corrected chi connectivity index (χ3v) is 7.85. The van der Waals surface area contributed by atoms with E-state index >= 15 is 0 Å². The van der Waals surface area contributed by atoms with Crippen LogP contribution in [0.15, 0.2) is 41.1 Å². The van der Waals surface area contributed by atoms with Crippen LogP contribution in [0.1, 0.15) is 46.5 Å². The van der Waals surface area contributed by atoms with Crippen molar-refractivity contribution in [3.05, 3.63) is 35.9 Å². The fourth-order valence-corrected chi connectivity index (χ4v) is 5.84. The van der Waals surface area contributed by atoms with Gasteiger partial charge in [0.15, 0.2) is 11.9 Å². The van der Waals surface area contributed by atoms with Crippen molar-refractivity contribution < 1.29 is 4.74 Å². The zero-order valence-electron chi connectivity index (χ0n) is 18.2. The molecule has 0 bridgehead atoms. The molecule has 5 rings (SSSR count). The lowest BCUT2D eigenvalue weighted by Gasteiger charge is -2.48. The lowest BCUT2D eigenvalue weighted by atomic mass is 9.59. The van der Waals surface area contributed by atoms with Gasteiger partial charge in [-0.05, 0) is 55.3 Å². The number of thioether (sulfide) groups is 1. The molecule has 158 valence electrons. The van der Waals surface area contributed by atoms with E-state index in [1.807, 2.05) is 12.3 Å². The lowest BCUT2D eigenvalue weighted by Crippen LogP contribution is -2.45. The quantitative estimate of drug-likeness (QED) is 0.487. The second kappa shape index (κ2) is 7.56. The summed E-state index contributed by atoms with van der Waals surface area (Å²) < 4.78 is 6.58. The minimum atomic E-state index is -0.131. The number of hydrogen-bond donors (Lipinski definition) is 1. The molecule has 0 radical (unpaired) electrons. The maximum atomic E-state index is 6.58. The zero-order valence-corrected chi connectivity index (χ0v) is 19.0. The van der Waals surface area contributed by atoms with Crippen LogP contribution < -0.4 is 10.1 Å². The smallest absolute Gasteiger partial charge is 0.247 e. The van der Waals surface area contributed by atoms with E-state index in [4.69, 9.17) is 4.74 Å². The predicted molar refractivity (Wildman–Crippen MR) is 122 cm³/mol. The van der Waals surface area contributed by atoms with Gasteiger partial charge in [-0.3, -0.25) is 0 Å². The van der Waals surface area contributed by atoms with Crippen LogP contribution in [0.25, 0.3) is 11.3 Å². The second-order valence-corrected chi connectivity index (χ2v) is 10.4. The number of anilines is 1. The molecule has 2 aliphatic carbocycles. The first-order chi connectivity index (χ1) is 14.5. The van der Waals surface area contributed by atoms with Gasteiger partial charge >= 0.3 is 0 Å². The standard InChI is InChI=1S/C24H30N4OS/c1-14-12-15-8-7-11-24(2,3)18(15)13-17(14)21-25-19-10-6-5-9-16(19)20-22(29-21)26-23(30-4)28-27-20/h5-6,8-10,14,17-18,21,25H,7,11-13H2,1-4H3/t14-,17+,18+,21-/m1/s1. The fraction of sp³-hybridized carbons (Fsp3) is 0.542. The number of nitrogens with zero attached hydrogens (tertiary/aromatic N) is 3. The van der Waals surface area contributed by atoms with Gasteiger partial charge in [0.1, 0.15) is 0 Å². The SMILES string of the molecule is CSc1nnc2c(n1)O[C@H]([C@H]1C[C@H]3C(=CCCC3(C)C)C[C@H]1C)Nc1ccccc1-2. The normalized spacial score (nSPS) is 29.3. The highest BCUT2D eigenvalue weighted by Gasteiger charge is 2.44. The predicted octanol–water partition coefficient (Wildman–Crippen LogP) is 5.80. The van der Waals surface area contributed by atoms with Gasteiger partial charge in [0.2, 0.25) is 11.0 Å². The highest BCUT2D eigenvalue weighted by atomic mass is 32.2. The summed E-state index contributed by atoms with van der Waals surface area (Å²) in [6.45, 7) is 7.24. The van der Waals surface area contributed by atoms with Crippen LogP contribution >= 0.6 is 11.8 Å². The van der Waals surface area contributed by atoms with E-state index in [9.17, 15) is 0 Å². The van der Waals surface area contributed by atoms with Crippen LogP contribution in [0.4, 0.5) is 5.69 Å². The molecule has 6 heteroatoms. The molecule has 0 amide bonds. The molecule has 1 N–H and O–H groups in total. The monoisotopic (exact) mass is 422 g/mol. The number of rotatable bonds is 2. The molecule has 5 nitrogen and oxygen atoms in total. The van der Waals surface area contributed by atoms with Gasteiger partial charge in [0.25, 0.3) is 0 Å². The molecule has 4 atom stereocenters. The molecule has 1 fully saturated rings. The molecule has 0 saturated heterocycles. The summed E-state index contributed by atoms with van der Waals surface area (Å²) in [6.07, 6.45) is 9.13. The molecule has 2 aromatic rings. The molecule has 30 heavy (non-hydrogen) atoms. The minimum Gasteiger partial charge on any atom is -0.452 e. The van der Waals surface area contributed by atoms with E-state index in [-0.39, 0.29) is 6.23 Å². The largest absolute Gasteiger partial charge is 0.452 e. The molecule has 3 aliphatic rings. The van der Waals surface area contributed by atoms with Crippen molar-refractivity contribution in [3.63, 3.8) is 0 Å². The van der Waals surface area contributed by atoms with Gasteiger partial charge in [0.05, 0.1) is 0 Å². The number of benzene rings is 1. The zero-order chi connectivity index (χ0) is 20.9. The van der Waals surface area contributed by atoms with Crippen molar-refractivity contribution in [1.82, 2.24) is 15.2 Å². The summed E-state index contributed by atoms with van der Waals surface area (Å²) in [5, 5.41) is 13.1. The van der Waals surface area contributed by atoms with Crippen LogP contribution in [0.5, 0.6) is 5.88 Å². The van der Waals surface area contributed by atoms with Crippen LogP contribution in [0.3, 0.4) is 0 Å². The first kappa shape index (κ1) is 19.9. The van der Waals surface area contributed by atoms with E-state index in [2.05, 4.69) is 65.5 Å². The van der Waals surface area contributed by atoms with Crippen molar-refractivity contribution in [3.8, 4) is 17.1 Å². The van der Waals surface area contributed by atoms with Crippen molar-refractivity contribution in [1.29, 1.82) is 0 Å². The lowest BCUT2D eigenvalue weighted by molar-refractivity contribution is 0.0519.